The lowest BCUT2D eigenvalue weighted by atomic mass is 9.99. The molecule has 0 radical (unpaired) electrons. The maximum atomic E-state index is 3.41. The van der Waals surface area contributed by atoms with Crippen molar-refractivity contribution >= 4 is 24.8 Å². The van der Waals surface area contributed by atoms with E-state index in [-0.39, 0.29) is 24.8 Å². The zero-order chi connectivity index (χ0) is 7.40. The van der Waals surface area contributed by atoms with Crippen LogP contribution in [0.25, 0.3) is 0 Å². The number of piperidine rings is 1. The summed E-state index contributed by atoms with van der Waals surface area (Å²) in [5, 5.41) is 3.41. The van der Waals surface area contributed by atoms with Gasteiger partial charge >= 0.3 is 0 Å². The molecule has 1 rings (SSSR count). The van der Waals surface area contributed by atoms with Crippen LogP contribution in [-0.2, 0) is 0 Å². The lowest BCUT2D eigenvalue weighted by Crippen LogP contribution is -2.35. The predicted molar refractivity (Wildman–Crippen MR) is 58.6 cm³/mol. The Bertz CT molecular complexity index is 93.1. The van der Waals surface area contributed by atoms with Crippen molar-refractivity contribution in [3.05, 3.63) is 0 Å². The molecule has 4 heteroatoms. The Morgan fingerprint density at radius 1 is 1.33 bits per heavy atom. The Balaban J connectivity index is 0. The number of nitrogens with one attached hydrogen (secondary N) is 1. The topological polar surface area (TPSA) is 15.3 Å². The van der Waals surface area contributed by atoms with E-state index < -0.39 is 0 Å². The smallest absolute Gasteiger partial charge is 0.00157 e. The SMILES string of the molecule is CN(C)C[C@@H]1CCCNC1.Cl.Cl. The Labute approximate surface area is 87.9 Å². The summed E-state index contributed by atoms with van der Waals surface area (Å²) in [4.78, 5) is 2.28. The average Bonchev–Trinajstić information content (AvgIpc) is 1.88. The minimum atomic E-state index is 0. The molecule has 0 unspecified atom stereocenters. The summed E-state index contributed by atoms with van der Waals surface area (Å²) in [6.45, 7) is 3.69. The Kier molecular flexibility index (Phi) is 10.1. The fourth-order valence-corrected chi connectivity index (χ4v) is 1.60. The molecule has 0 spiro atoms. The monoisotopic (exact) mass is 214 g/mol. The highest BCUT2D eigenvalue weighted by Crippen LogP contribution is 2.09. The van der Waals surface area contributed by atoms with Gasteiger partial charge in [-0.25, -0.2) is 0 Å². The Morgan fingerprint density at radius 3 is 2.42 bits per heavy atom. The van der Waals surface area contributed by atoms with Crippen LogP contribution in [0, 0.1) is 5.92 Å². The van der Waals surface area contributed by atoms with Crippen LogP contribution in [0.2, 0.25) is 0 Å². The average molecular weight is 215 g/mol. The summed E-state index contributed by atoms with van der Waals surface area (Å²) in [6.07, 6.45) is 2.77. The molecule has 1 aliphatic rings. The summed E-state index contributed by atoms with van der Waals surface area (Å²) in [5.41, 5.74) is 0. The second-order valence-electron chi connectivity index (χ2n) is 3.47. The van der Waals surface area contributed by atoms with Crippen molar-refractivity contribution in [3.63, 3.8) is 0 Å². The molecule has 0 bridgehead atoms. The van der Waals surface area contributed by atoms with Crippen molar-refractivity contribution < 1.29 is 0 Å². The molecular formula is C8H20Cl2N2. The van der Waals surface area contributed by atoms with Crippen molar-refractivity contribution in [2.75, 3.05) is 33.7 Å². The summed E-state index contributed by atoms with van der Waals surface area (Å²) in [6, 6.07) is 0. The number of halogens is 2. The molecule has 1 aliphatic heterocycles. The maximum absolute atomic E-state index is 3.41. The van der Waals surface area contributed by atoms with Gasteiger partial charge in [0.1, 0.15) is 0 Å². The molecule has 12 heavy (non-hydrogen) atoms. The maximum Gasteiger partial charge on any atom is 0.00157 e. The van der Waals surface area contributed by atoms with Gasteiger partial charge in [0, 0.05) is 6.54 Å². The number of hydrogen-bond acceptors (Lipinski definition) is 2. The van der Waals surface area contributed by atoms with Crippen molar-refractivity contribution in [2.45, 2.75) is 12.8 Å². The molecule has 1 N–H and O–H groups in total. The molecule has 0 aromatic rings. The van der Waals surface area contributed by atoms with Crippen molar-refractivity contribution in [1.29, 1.82) is 0 Å². The molecule has 0 aromatic heterocycles. The molecule has 2 nitrogen and oxygen atoms in total. The predicted octanol–water partition coefficient (Wildman–Crippen LogP) is 1.39. The molecule has 1 saturated heterocycles. The fraction of sp³-hybridized carbons (Fsp3) is 1.00. The number of nitrogens with zero attached hydrogens (tertiary/aromatic N) is 1. The fourth-order valence-electron chi connectivity index (χ4n) is 1.60. The van der Waals surface area contributed by atoms with E-state index in [9.17, 15) is 0 Å². The van der Waals surface area contributed by atoms with Crippen LogP contribution in [0.5, 0.6) is 0 Å². The van der Waals surface area contributed by atoms with E-state index >= 15 is 0 Å². The minimum Gasteiger partial charge on any atom is -0.316 e. The van der Waals surface area contributed by atoms with Crippen LogP contribution in [0.4, 0.5) is 0 Å². The molecule has 1 heterocycles. The van der Waals surface area contributed by atoms with Crippen LogP contribution in [-0.4, -0.2) is 38.6 Å². The first-order valence-corrected chi connectivity index (χ1v) is 4.14. The lowest BCUT2D eigenvalue weighted by Gasteiger charge is -2.25. The lowest BCUT2D eigenvalue weighted by molar-refractivity contribution is 0.276. The van der Waals surface area contributed by atoms with Gasteiger partial charge < -0.3 is 10.2 Å². The van der Waals surface area contributed by atoms with Gasteiger partial charge in [-0.1, -0.05) is 0 Å². The highest BCUT2D eigenvalue weighted by molar-refractivity contribution is 5.85. The van der Waals surface area contributed by atoms with Crippen molar-refractivity contribution in [1.82, 2.24) is 10.2 Å². The quantitative estimate of drug-likeness (QED) is 0.748. The normalized spacial score (nSPS) is 22.8. The largest absolute Gasteiger partial charge is 0.316 e. The molecule has 0 aliphatic carbocycles. The van der Waals surface area contributed by atoms with E-state index in [0.717, 1.165) is 5.92 Å². The van der Waals surface area contributed by atoms with E-state index in [1.807, 2.05) is 0 Å². The highest BCUT2D eigenvalue weighted by atomic mass is 35.5. The van der Waals surface area contributed by atoms with E-state index in [2.05, 4.69) is 24.3 Å². The van der Waals surface area contributed by atoms with E-state index in [1.54, 1.807) is 0 Å². The first-order valence-electron chi connectivity index (χ1n) is 4.14. The Morgan fingerprint density at radius 2 is 2.00 bits per heavy atom. The van der Waals surface area contributed by atoms with Gasteiger partial charge in [0.15, 0.2) is 0 Å². The first-order chi connectivity index (χ1) is 4.79. The molecule has 0 saturated carbocycles. The summed E-state index contributed by atoms with van der Waals surface area (Å²) < 4.78 is 0. The number of rotatable bonds is 2. The van der Waals surface area contributed by atoms with Gasteiger partial charge in [-0.05, 0) is 45.9 Å². The molecule has 0 amide bonds. The van der Waals surface area contributed by atoms with Crippen LogP contribution in [0.3, 0.4) is 0 Å². The zero-order valence-electron chi connectivity index (χ0n) is 7.88. The second kappa shape index (κ2) is 8.11. The van der Waals surface area contributed by atoms with Crippen molar-refractivity contribution in [2.24, 2.45) is 5.92 Å². The molecule has 1 atom stereocenters. The second-order valence-corrected chi connectivity index (χ2v) is 3.47. The third kappa shape index (κ3) is 6.06. The van der Waals surface area contributed by atoms with Gasteiger partial charge in [-0.2, -0.15) is 0 Å². The highest BCUT2D eigenvalue weighted by Gasteiger charge is 2.12. The molecule has 76 valence electrons. The van der Waals surface area contributed by atoms with Gasteiger partial charge in [-0.3, -0.25) is 0 Å². The zero-order valence-corrected chi connectivity index (χ0v) is 9.51. The molecule has 1 fully saturated rings. The summed E-state index contributed by atoms with van der Waals surface area (Å²) in [5.74, 6) is 0.892. The third-order valence-corrected chi connectivity index (χ3v) is 2.02. The van der Waals surface area contributed by atoms with Crippen LogP contribution >= 0.6 is 24.8 Å². The van der Waals surface area contributed by atoms with Crippen LogP contribution < -0.4 is 5.32 Å². The van der Waals surface area contributed by atoms with Gasteiger partial charge in [-0.15, -0.1) is 24.8 Å². The minimum absolute atomic E-state index is 0. The van der Waals surface area contributed by atoms with Gasteiger partial charge in [0.2, 0.25) is 0 Å². The summed E-state index contributed by atoms with van der Waals surface area (Å²) in [7, 11) is 4.29. The Hall–Kier alpha value is 0.500. The van der Waals surface area contributed by atoms with Crippen molar-refractivity contribution in [3.8, 4) is 0 Å². The van der Waals surface area contributed by atoms with E-state index in [0.29, 0.717) is 0 Å². The summed E-state index contributed by atoms with van der Waals surface area (Å²) >= 11 is 0. The first kappa shape index (κ1) is 15.0. The third-order valence-electron chi connectivity index (χ3n) is 2.02. The molecular weight excluding hydrogens is 195 g/mol. The van der Waals surface area contributed by atoms with Gasteiger partial charge in [0.05, 0.1) is 0 Å². The van der Waals surface area contributed by atoms with Crippen LogP contribution in [0.15, 0.2) is 0 Å². The standard InChI is InChI=1S/C8H18N2.2ClH/c1-10(2)7-8-4-3-5-9-6-8;;/h8-9H,3-7H2,1-2H3;2*1H/t8-;;/m1../s1. The van der Waals surface area contributed by atoms with Gasteiger partial charge in [0.25, 0.3) is 0 Å². The number of hydrogen-bond donors (Lipinski definition) is 1. The van der Waals surface area contributed by atoms with E-state index in [4.69, 9.17) is 0 Å². The molecule has 0 aromatic carbocycles. The van der Waals surface area contributed by atoms with Crippen LogP contribution in [0.1, 0.15) is 12.8 Å². The van der Waals surface area contributed by atoms with E-state index in [1.165, 1.54) is 32.5 Å².